The average molecular weight is 450 g/mol. The number of piperidine rings is 1. The summed E-state index contributed by atoms with van der Waals surface area (Å²) in [4.78, 5) is 27.9. The molecule has 0 bridgehead atoms. The lowest BCUT2D eigenvalue weighted by Gasteiger charge is -2.39. The van der Waals surface area contributed by atoms with E-state index in [-0.39, 0.29) is 22.7 Å². The normalized spacial score (nSPS) is 22.7. The van der Waals surface area contributed by atoms with Crippen LogP contribution in [0.1, 0.15) is 48.3 Å². The van der Waals surface area contributed by atoms with Gasteiger partial charge in [-0.1, -0.05) is 6.07 Å². The summed E-state index contributed by atoms with van der Waals surface area (Å²) in [5.41, 5.74) is 3.67. The van der Waals surface area contributed by atoms with Crippen LogP contribution in [0.15, 0.2) is 36.7 Å². The van der Waals surface area contributed by atoms with E-state index in [1.54, 1.807) is 6.07 Å². The van der Waals surface area contributed by atoms with E-state index in [1.165, 1.54) is 5.56 Å². The van der Waals surface area contributed by atoms with Crippen LogP contribution in [0.4, 0.5) is 11.5 Å². The van der Waals surface area contributed by atoms with Crippen molar-refractivity contribution in [1.29, 1.82) is 0 Å². The zero-order valence-electron chi connectivity index (χ0n) is 19.5. The SMILES string of the molecule is Cc1cccnc1[C@H]1CCC[C@@H](c2cn3c(N4CCN(C)CC4)ccc([N+](=O)[O-])c3n2)N1C. The fraction of sp³-hybridized carbons (Fsp3) is 0.500. The van der Waals surface area contributed by atoms with Crippen LogP contribution in [0, 0.1) is 17.0 Å². The highest BCUT2D eigenvalue weighted by Gasteiger charge is 2.33. The first kappa shape index (κ1) is 21.8. The predicted octanol–water partition coefficient (Wildman–Crippen LogP) is 3.60. The van der Waals surface area contributed by atoms with Gasteiger partial charge in [-0.2, -0.15) is 0 Å². The molecule has 2 fully saturated rings. The summed E-state index contributed by atoms with van der Waals surface area (Å²) in [5, 5.41) is 11.8. The van der Waals surface area contributed by atoms with Gasteiger partial charge in [0.25, 0.3) is 0 Å². The fourth-order valence-electron chi connectivity index (χ4n) is 5.32. The monoisotopic (exact) mass is 449 g/mol. The molecule has 0 spiro atoms. The summed E-state index contributed by atoms with van der Waals surface area (Å²) in [6.45, 7) is 5.83. The third-order valence-corrected chi connectivity index (χ3v) is 7.26. The van der Waals surface area contributed by atoms with Gasteiger partial charge in [-0.15, -0.1) is 0 Å². The number of pyridine rings is 2. The van der Waals surface area contributed by atoms with Crippen LogP contribution in [0.5, 0.6) is 0 Å². The first-order valence-corrected chi connectivity index (χ1v) is 11.7. The zero-order chi connectivity index (χ0) is 23.1. The molecule has 9 heteroatoms. The molecule has 9 nitrogen and oxygen atoms in total. The van der Waals surface area contributed by atoms with E-state index in [9.17, 15) is 10.1 Å². The minimum Gasteiger partial charge on any atom is -0.355 e. The smallest absolute Gasteiger partial charge is 0.312 e. The summed E-state index contributed by atoms with van der Waals surface area (Å²) in [5.74, 6) is 0.970. The van der Waals surface area contributed by atoms with Gasteiger partial charge in [-0.3, -0.25) is 24.4 Å². The number of imidazole rings is 1. The molecule has 2 aliphatic heterocycles. The van der Waals surface area contributed by atoms with Gasteiger partial charge in [0.15, 0.2) is 0 Å². The summed E-state index contributed by atoms with van der Waals surface area (Å²) in [6, 6.07) is 7.85. The molecule has 0 amide bonds. The van der Waals surface area contributed by atoms with Crippen LogP contribution < -0.4 is 4.90 Å². The Hall–Kier alpha value is -3.04. The Morgan fingerprint density at radius 3 is 2.55 bits per heavy atom. The van der Waals surface area contributed by atoms with E-state index < -0.39 is 0 Å². The zero-order valence-corrected chi connectivity index (χ0v) is 19.5. The Kier molecular flexibility index (Phi) is 5.76. The number of anilines is 1. The molecule has 2 atom stereocenters. The summed E-state index contributed by atoms with van der Waals surface area (Å²) in [7, 11) is 4.25. The van der Waals surface area contributed by atoms with Gasteiger partial charge < -0.3 is 9.80 Å². The third kappa shape index (κ3) is 3.95. The van der Waals surface area contributed by atoms with Crippen molar-refractivity contribution in [3.63, 3.8) is 0 Å². The molecular weight excluding hydrogens is 418 g/mol. The quantitative estimate of drug-likeness (QED) is 0.445. The van der Waals surface area contributed by atoms with Crippen molar-refractivity contribution in [2.75, 3.05) is 45.2 Å². The number of nitro groups is 1. The molecule has 3 aromatic heterocycles. The molecule has 0 saturated carbocycles. The van der Waals surface area contributed by atoms with Crippen LogP contribution in [0.25, 0.3) is 5.65 Å². The number of likely N-dealkylation sites (tertiary alicyclic amines) is 1. The van der Waals surface area contributed by atoms with Crippen LogP contribution in [-0.4, -0.2) is 69.4 Å². The second-order valence-corrected chi connectivity index (χ2v) is 9.32. The summed E-state index contributed by atoms with van der Waals surface area (Å²) >= 11 is 0. The van der Waals surface area contributed by atoms with Crippen molar-refractivity contribution in [3.05, 3.63) is 63.7 Å². The van der Waals surface area contributed by atoms with Crippen molar-refractivity contribution in [3.8, 4) is 0 Å². The molecule has 0 aliphatic carbocycles. The molecule has 0 aromatic carbocycles. The van der Waals surface area contributed by atoms with Gasteiger partial charge in [0, 0.05) is 44.6 Å². The highest BCUT2D eigenvalue weighted by molar-refractivity contribution is 5.66. The Labute approximate surface area is 193 Å². The van der Waals surface area contributed by atoms with Crippen LogP contribution in [-0.2, 0) is 0 Å². The van der Waals surface area contributed by atoms with Crippen molar-refractivity contribution in [1.82, 2.24) is 24.2 Å². The fourth-order valence-corrected chi connectivity index (χ4v) is 5.32. The molecule has 5 rings (SSSR count). The molecule has 5 heterocycles. The number of nitrogens with zero attached hydrogens (tertiary/aromatic N) is 7. The van der Waals surface area contributed by atoms with Crippen LogP contribution in [0.2, 0.25) is 0 Å². The van der Waals surface area contributed by atoms with Crippen molar-refractivity contribution < 1.29 is 4.92 Å². The van der Waals surface area contributed by atoms with E-state index in [1.807, 2.05) is 28.9 Å². The second-order valence-electron chi connectivity index (χ2n) is 9.32. The van der Waals surface area contributed by atoms with Gasteiger partial charge in [-0.25, -0.2) is 4.98 Å². The maximum atomic E-state index is 11.8. The van der Waals surface area contributed by atoms with Gasteiger partial charge in [0.1, 0.15) is 5.82 Å². The minimum atomic E-state index is -0.329. The molecule has 0 radical (unpaired) electrons. The average Bonchev–Trinajstić information content (AvgIpc) is 3.25. The maximum Gasteiger partial charge on any atom is 0.312 e. The molecule has 174 valence electrons. The number of aromatic nitrogens is 3. The molecule has 33 heavy (non-hydrogen) atoms. The Morgan fingerprint density at radius 2 is 1.82 bits per heavy atom. The highest BCUT2D eigenvalue weighted by Crippen LogP contribution is 2.41. The number of aryl methyl sites for hydroxylation is 1. The van der Waals surface area contributed by atoms with Gasteiger partial charge >= 0.3 is 5.69 Å². The van der Waals surface area contributed by atoms with Crippen molar-refractivity contribution >= 4 is 17.2 Å². The van der Waals surface area contributed by atoms with E-state index >= 15 is 0 Å². The molecule has 2 saturated heterocycles. The van der Waals surface area contributed by atoms with Gasteiger partial charge in [-0.05, 0) is 58.0 Å². The van der Waals surface area contributed by atoms with E-state index in [2.05, 4.69) is 46.8 Å². The number of rotatable bonds is 4. The van der Waals surface area contributed by atoms with Crippen molar-refractivity contribution in [2.24, 2.45) is 0 Å². The van der Waals surface area contributed by atoms with Gasteiger partial charge in [0.05, 0.1) is 28.4 Å². The first-order valence-electron chi connectivity index (χ1n) is 11.7. The number of likely N-dealkylation sites (N-methyl/N-ethyl adjacent to an activating group) is 1. The summed E-state index contributed by atoms with van der Waals surface area (Å²) in [6.07, 6.45) is 6.96. The van der Waals surface area contributed by atoms with E-state index in [0.717, 1.165) is 62.6 Å². The van der Waals surface area contributed by atoms with E-state index in [0.29, 0.717) is 5.65 Å². The predicted molar refractivity (Wildman–Crippen MR) is 128 cm³/mol. The topological polar surface area (TPSA) is 83.0 Å². The van der Waals surface area contributed by atoms with E-state index in [4.69, 9.17) is 4.98 Å². The largest absolute Gasteiger partial charge is 0.355 e. The van der Waals surface area contributed by atoms with Crippen molar-refractivity contribution in [2.45, 2.75) is 38.3 Å². The molecular formula is C24H31N7O2. The number of hydrogen-bond acceptors (Lipinski definition) is 7. The maximum absolute atomic E-state index is 11.8. The Balaban J connectivity index is 1.54. The third-order valence-electron chi connectivity index (χ3n) is 7.26. The lowest BCUT2D eigenvalue weighted by atomic mass is 9.91. The minimum absolute atomic E-state index is 0.0507. The van der Waals surface area contributed by atoms with Gasteiger partial charge in [0.2, 0.25) is 5.65 Å². The number of fused-ring (bicyclic) bond motifs is 1. The van der Waals surface area contributed by atoms with Crippen LogP contribution >= 0.6 is 0 Å². The Morgan fingerprint density at radius 1 is 1.06 bits per heavy atom. The molecule has 2 aliphatic rings. The molecule has 0 unspecified atom stereocenters. The highest BCUT2D eigenvalue weighted by atomic mass is 16.6. The number of piperazine rings is 1. The molecule has 3 aromatic rings. The summed E-state index contributed by atoms with van der Waals surface area (Å²) < 4.78 is 1.93. The lowest BCUT2D eigenvalue weighted by molar-refractivity contribution is -0.383. The first-order chi connectivity index (χ1) is 15.9. The second kappa shape index (κ2) is 8.72. The lowest BCUT2D eigenvalue weighted by Crippen LogP contribution is -2.45. The Bertz CT molecular complexity index is 1170. The molecule has 0 N–H and O–H groups in total. The number of hydrogen-bond donors (Lipinski definition) is 0. The standard InChI is InChI=1S/C24H31N7O2/c1-17-6-5-11-25-23(17)20-8-4-7-19(28(20)3)18-16-30-22(29-14-12-27(2)13-15-29)10-9-21(31(32)33)24(30)26-18/h5-6,9-11,16,19-20H,4,7-8,12-15H2,1-3H3/t19-,20+/m0/s1. The van der Waals surface area contributed by atoms with Crippen LogP contribution in [0.3, 0.4) is 0 Å².